The fourth-order valence-electron chi connectivity index (χ4n) is 1.30. The van der Waals surface area contributed by atoms with Crippen molar-refractivity contribution in [3.8, 4) is 0 Å². The maximum atomic E-state index is 10.1. The number of furan rings is 1. The van der Waals surface area contributed by atoms with Gasteiger partial charge in [0.05, 0.1) is 0 Å². The minimum atomic E-state index is -0.957. The van der Waals surface area contributed by atoms with Crippen LogP contribution in [0.1, 0.15) is 26.5 Å². The third kappa shape index (κ3) is 3.97. The lowest BCUT2D eigenvalue weighted by molar-refractivity contribution is 0.0330. The van der Waals surface area contributed by atoms with Crippen LogP contribution in [0.3, 0.4) is 0 Å². The molecule has 0 radical (unpaired) electrons. The average molecular weight is 276 g/mol. The lowest BCUT2D eigenvalue weighted by Crippen LogP contribution is -2.36. The van der Waals surface area contributed by atoms with Gasteiger partial charge in [-0.25, -0.2) is 0 Å². The van der Waals surface area contributed by atoms with Crippen LogP contribution in [0.25, 0.3) is 0 Å². The molecule has 0 aliphatic heterocycles. The molecule has 0 spiro atoms. The third-order valence-electron chi connectivity index (χ3n) is 2.13. The van der Waals surface area contributed by atoms with Crippen LogP contribution in [0.4, 0.5) is 0 Å². The van der Waals surface area contributed by atoms with Gasteiger partial charge in [-0.15, -0.1) is 0 Å². The predicted molar refractivity (Wildman–Crippen MR) is 63.7 cm³/mol. The number of hydrogen-bond donors (Lipinski definition) is 2. The summed E-state index contributed by atoms with van der Waals surface area (Å²) in [5.41, 5.74) is -0.957. The highest BCUT2D eigenvalue weighted by Gasteiger charge is 2.26. The first-order chi connectivity index (χ1) is 6.92. The SMILES string of the molecule is CC(C)CNCC(C)(O)c1ccc(Br)o1. The zero-order chi connectivity index (χ0) is 11.5. The van der Waals surface area contributed by atoms with Gasteiger partial charge in [0.1, 0.15) is 11.4 Å². The Morgan fingerprint density at radius 1 is 1.53 bits per heavy atom. The first-order valence-electron chi connectivity index (χ1n) is 5.11. The van der Waals surface area contributed by atoms with E-state index in [0.717, 1.165) is 6.54 Å². The van der Waals surface area contributed by atoms with Crippen molar-refractivity contribution in [3.05, 3.63) is 22.6 Å². The van der Waals surface area contributed by atoms with Crippen LogP contribution in [0.15, 0.2) is 21.2 Å². The quantitative estimate of drug-likeness (QED) is 0.868. The van der Waals surface area contributed by atoms with Crippen molar-refractivity contribution < 1.29 is 9.52 Å². The summed E-state index contributed by atoms with van der Waals surface area (Å²) < 4.78 is 5.97. The standard InChI is InChI=1S/C11H18BrNO2/c1-8(2)6-13-7-11(3,14)9-4-5-10(12)15-9/h4-5,8,13-14H,6-7H2,1-3H3. The van der Waals surface area contributed by atoms with Gasteiger partial charge >= 0.3 is 0 Å². The van der Waals surface area contributed by atoms with E-state index in [2.05, 4.69) is 35.1 Å². The van der Waals surface area contributed by atoms with Gasteiger partial charge in [-0.3, -0.25) is 0 Å². The molecule has 3 nitrogen and oxygen atoms in total. The van der Waals surface area contributed by atoms with Gasteiger partial charge in [-0.1, -0.05) is 13.8 Å². The van der Waals surface area contributed by atoms with E-state index < -0.39 is 5.60 Å². The van der Waals surface area contributed by atoms with Gasteiger partial charge < -0.3 is 14.8 Å². The molecule has 0 aliphatic carbocycles. The van der Waals surface area contributed by atoms with Gasteiger partial charge in [0.25, 0.3) is 0 Å². The Labute approximate surface area is 99.0 Å². The topological polar surface area (TPSA) is 45.4 Å². The van der Waals surface area contributed by atoms with Gasteiger partial charge in [-0.05, 0) is 47.4 Å². The Morgan fingerprint density at radius 2 is 2.20 bits per heavy atom. The van der Waals surface area contributed by atoms with E-state index >= 15 is 0 Å². The molecule has 1 unspecified atom stereocenters. The van der Waals surface area contributed by atoms with Crippen molar-refractivity contribution in [2.75, 3.05) is 13.1 Å². The molecule has 0 aliphatic rings. The highest BCUT2D eigenvalue weighted by atomic mass is 79.9. The molecule has 0 saturated carbocycles. The summed E-state index contributed by atoms with van der Waals surface area (Å²) in [4.78, 5) is 0. The minimum absolute atomic E-state index is 0.491. The van der Waals surface area contributed by atoms with E-state index in [4.69, 9.17) is 4.42 Å². The van der Waals surface area contributed by atoms with Crippen molar-refractivity contribution in [3.63, 3.8) is 0 Å². The van der Waals surface area contributed by atoms with Crippen LogP contribution < -0.4 is 5.32 Å². The Kier molecular flexibility index (Phi) is 4.37. The molecule has 0 amide bonds. The molecule has 1 atom stereocenters. The molecule has 0 fully saturated rings. The molecular formula is C11H18BrNO2. The summed E-state index contributed by atoms with van der Waals surface area (Å²) in [6.07, 6.45) is 0. The Balaban J connectivity index is 2.51. The van der Waals surface area contributed by atoms with Crippen molar-refractivity contribution in [1.29, 1.82) is 0 Å². The fraction of sp³-hybridized carbons (Fsp3) is 0.636. The molecule has 0 saturated heterocycles. The molecule has 0 aromatic carbocycles. The summed E-state index contributed by atoms with van der Waals surface area (Å²) in [6, 6.07) is 3.56. The second-order valence-corrected chi connectivity index (χ2v) is 5.18. The summed E-state index contributed by atoms with van der Waals surface area (Å²) in [5.74, 6) is 1.15. The fourth-order valence-corrected chi connectivity index (χ4v) is 1.60. The largest absolute Gasteiger partial charge is 0.451 e. The van der Waals surface area contributed by atoms with Crippen molar-refractivity contribution in [2.24, 2.45) is 5.92 Å². The highest BCUT2D eigenvalue weighted by Crippen LogP contribution is 2.24. The molecule has 0 bridgehead atoms. The van der Waals surface area contributed by atoms with E-state index in [1.807, 2.05) is 0 Å². The number of aliphatic hydroxyl groups is 1. The van der Waals surface area contributed by atoms with Crippen LogP contribution in [-0.2, 0) is 5.60 Å². The van der Waals surface area contributed by atoms with E-state index in [0.29, 0.717) is 22.9 Å². The molecule has 1 heterocycles. The molecule has 86 valence electrons. The molecule has 2 N–H and O–H groups in total. The van der Waals surface area contributed by atoms with E-state index in [1.54, 1.807) is 19.1 Å². The highest BCUT2D eigenvalue weighted by molar-refractivity contribution is 9.10. The van der Waals surface area contributed by atoms with Crippen LogP contribution in [0, 0.1) is 5.92 Å². The third-order valence-corrected chi connectivity index (χ3v) is 2.55. The van der Waals surface area contributed by atoms with Crippen molar-refractivity contribution in [1.82, 2.24) is 5.32 Å². The molecule has 1 rings (SSSR count). The Hall–Kier alpha value is -0.320. The van der Waals surface area contributed by atoms with E-state index in [9.17, 15) is 5.11 Å². The van der Waals surface area contributed by atoms with Gasteiger partial charge in [0.15, 0.2) is 4.67 Å². The van der Waals surface area contributed by atoms with Gasteiger partial charge in [-0.2, -0.15) is 0 Å². The monoisotopic (exact) mass is 275 g/mol. The van der Waals surface area contributed by atoms with E-state index in [1.165, 1.54) is 0 Å². The summed E-state index contributed by atoms with van der Waals surface area (Å²) >= 11 is 3.22. The molecule has 15 heavy (non-hydrogen) atoms. The van der Waals surface area contributed by atoms with Gasteiger partial charge in [0.2, 0.25) is 0 Å². The van der Waals surface area contributed by atoms with Crippen molar-refractivity contribution in [2.45, 2.75) is 26.4 Å². The Morgan fingerprint density at radius 3 is 2.67 bits per heavy atom. The average Bonchev–Trinajstić information content (AvgIpc) is 2.51. The smallest absolute Gasteiger partial charge is 0.169 e. The first kappa shape index (κ1) is 12.7. The van der Waals surface area contributed by atoms with E-state index in [-0.39, 0.29) is 0 Å². The van der Waals surface area contributed by atoms with Crippen LogP contribution in [-0.4, -0.2) is 18.2 Å². The molecule has 1 aromatic rings. The predicted octanol–water partition coefficient (Wildman–Crippen LogP) is 2.50. The summed E-state index contributed by atoms with van der Waals surface area (Å²) in [7, 11) is 0. The maximum absolute atomic E-state index is 10.1. The summed E-state index contributed by atoms with van der Waals surface area (Å²) in [6.45, 7) is 7.38. The van der Waals surface area contributed by atoms with Crippen molar-refractivity contribution >= 4 is 15.9 Å². The number of rotatable bonds is 5. The van der Waals surface area contributed by atoms with Crippen LogP contribution >= 0.6 is 15.9 Å². The number of hydrogen-bond acceptors (Lipinski definition) is 3. The van der Waals surface area contributed by atoms with Crippen LogP contribution in [0.5, 0.6) is 0 Å². The Bertz CT molecular complexity index is 307. The summed E-state index contributed by atoms with van der Waals surface area (Å²) in [5, 5.41) is 13.3. The molecule has 1 aromatic heterocycles. The number of halogens is 1. The first-order valence-corrected chi connectivity index (χ1v) is 5.90. The lowest BCUT2D eigenvalue weighted by atomic mass is 10.0. The molecule has 4 heteroatoms. The normalized spacial score (nSPS) is 15.6. The number of nitrogens with one attached hydrogen (secondary N) is 1. The zero-order valence-corrected chi connectivity index (χ0v) is 11.0. The van der Waals surface area contributed by atoms with Crippen LogP contribution in [0.2, 0.25) is 0 Å². The lowest BCUT2D eigenvalue weighted by Gasteiger charge is -2.21. The molecular weight excluding hydrogens is 258 g/mol. The minimum Gasteiger partial charge on any atom is -0.451 e. The zero-order valence-electron chi connectivity index (χ0n) is 9.38. The van der Waals surface area contributed by atoms with Gasteiger partial charge in [0, 0.05) is 6.54 Å². The maximum Gasteiger partial charge on any atom is 0.169 e. The second kappa shape index (κ2) is 5.14. The second-order valence-electron chi connectivity index (χ2n) is 4.40.